The number of hydrogen-bond acceptors (Lipinski definition) is 5. The molecule has 29 heavy (non-hydrogen) atoms. The van der Waals surface area contributed by atoms with Crippen molar-refractivity contribution in [3.63, 3.8) is 0 Å². The maximum atomic E-state index is 12.8. The fourth-order valence-electron chi connectivity index (χ4n) is 3.29. The first-order valence-electron chi connectivity index (χ1n) is 9.48. The van der Waals surface area contributed by atoms with E-state index >= 15 is 0 Å². The average molecular weight is 416 g/mol. The maximum Gasteiger partial charge on any atom is 0.337 e. The topological polar surface area (TPSA) is 104 Å². The monoisotopic (exact) mass is 416 g/mol. The summed E-state index contributed by atoms with van der Waals surface area (Å²) in [7, 11) is -3.56. The number of piperidine rings is 1. The molecule has 2 aromatic rings. The summed E-state index contributed by atoms with van der Waals surface area (Å²) in [5.41, 5.74) is 0.793. The number of carbonyl (C=O) groups excluding carboxylic acids is 1. The molecule has 0 bridgehead atoms. The summed E-state index contributed by atoms with van der Waals surface area (Å²) < 4.78 is 27.0. The van der Waals surface area contributed by atoms with Crippen LogP contribution in [0.2, 0.25) is 0 Å². The summed E-state index contributed by atoms with van der Waals surface area (Å²) >= 11 is 0. The second kappa shape index (κ2) is 8.75. The lowest BCUT2D eigenvalue weighted by molar-refractivity contribution is 0.0697. The van der Waals surface area contributed by atoms with E-state index in [4.69, 9.17) is 0 Å². The quantitative estimate of drug-likeness (QED) is 0.672. The van der Waals surface area contributed by atoms with Crippen LogP contribution >= 0.6 is 0 Å². The second-order valence-electron chi connectivity index (χ2n) is 7.24. The number of sulfonamides is 1. The average Bonchev–Trinajstić information content (AvgIpc) is 2.72. The zero-order valence-corrected chi connectivity index (χ0v) is 17.0. The van der Waals surface area contributed by atoms with Gasteiger partial charge in [-0.15, -0.1) is 0 Å². The molecule has 1 fully saturated rings. The molecule has 0 spiro atoms. The molecule has 2 N–H and O–H groups in total. The van der Waals surface area contributed by atoms with Gasteiger partial charge in [-0.25, -0.2) is 13.2 Å². The lowest BCUT2D eigenvalue weighted by atomic mass is 10.0. The fourth-order valence-corrected chi connectivity index (χ4v) is 4.76. The molecule has 0 atom stereocenters. The van der Waals surface area contributed by atoms with E-state index in [-0.39, 0.29) is 22.8 Å². The first kappa shape index (κ1) is 21.0. The van der Waals surface area contributed by atoms with Crippen LogP contribution in [-0.2, 0) is 10.0 Å². The van der Waals surface area contributed by atoms with Gasteiger partial charge in [0.2, 0.25) is 10.0 Å². The largest absolute Gasteiger partial charge is 0.478 e. The standard InChI is InChI=1S/C21H24N2O5S/c1-15-10-12-23(13-11-15)29(27,28)17-8-6-16(7-9-17)20(24)14-22-19-5-3-2-4-18(19)21(25)26/h2-9,15,22H,10-14H2,1H3,(H,25,26). The molecule has 0 aromatic heterocycles. The van der Waals surface area contributed by atoms with E-state index < -0.39 is 16.0 Å². The number of para-hydroxylation sites is 1. The van der Waals surface area contributed by atoms with Crippen LogP contribution in [0.3, 0.4) is 0 Å². The molecular formula is C21H24N2O5S. The lowest BCUT2D eigenvalue weighted by Crippen LogP contribution is -2.37. The van der Waals surface area contributed by atoms with Crippen LogP contribution in [0.4, 0.5) is 5.69 Å². The molecule has 1 aliphatic heterocycles. The number of carbonyl (C=O) groups is 2. The van der Waals surface area contributed by atoms with E-state index in [1.807, 2.05) is 0 Å². The molecule has 154 valence electrons. The zero-order chi connectivity index (χ0) is 21.0. The molecule has 8 heteroatoms. The minimum atomic E-state index is -3.56. The molecule has 1 heterocycles. The zero-order valence-electron chi connectivity index (χ0n) is 16.2. The number of carboxylic acids is 1. The van der Waals surface area contributed by atoms with Crippen molar-refractivity contribution >= 4 is 27.5 Å². The fraction of sp³-hybridized carbons (Fsp3) is 0.333. The van der Waals surface area contributed by atoms with E-state index in [1.54, 1.807) is 18.2 Å². The Morgan fingerprint density at radius 2 is 1.69 bits per heavy atom. The smallest absolute Gasteiger partial charge is 0.337 e. The van der Waals surface area contributed by atoms with Gasteiger partial charge in [-0.2, -0.15) is 4.31 Å². The normalized spacial score (nSPS) is 15.8. The summed E-state index contributed by atoms with van der Waals surface area (Å²) in [6.07, 6.45) is 1.69. The number of nitrogens with zero attached hydrogens (tertiary/aromatic N) is 1. The minimum Gasteiger partial charge on any atom is -0.478 e. The number of rotatable bonds is 7. The third-order valence-electron chi connectivity index (χ3n) is 5.15. The van der Waals surface area contributed by atoms with E-state index in [2.05, 4.69) is 12.2 Å². The number of anilines is 1. The summed E-state index contributed by atoms with van der Waals surface area (Å²) in [6, 6.07) is 12.2. The van der Waals surface area contributed by atoms with Crippen molar-refractivity contribution in [1.82, 2.24) is 4.31 Å². The second-order valence-corrected chi connectivity index (χ2v) is 9.18. The number of carboxylic acid groups (broad SMARTS) is 1. The Labute approximate surface area is 170 Å². The first-order chi connectivity index (χ1) is 13.8. The van der Waals surface area contributed by atoms with Gasteiger partial charge in [-0.05, 0) is 55.2 Å². The van der Waals surface area contributed by atoms with E-state index in [9.17, 15) is 23.1 Å². The number of aromatic carboxylic acids is 1. The number of hydrogen-bond donors (Lipinski definition) is 2. The molecule has 0 amide bonds. The molecule has 7 nitrogen and oxygen atoms in total. The van der Waals surface area contributed by atoms with E-state index in [0.29, 0.717) is 30.3 Å². The summed E-state index contributed by atoms with van der Waals surface area (Å²) in [5.74, 6) is -0.816. The summed E-state index contributed by atoms with van der Waals surface area (Å²) in [4.78, 5) is 23.8. The Hall–Kier alpha value is -2.71. The van der Waals surface area contributed by atoms with Crippen LogP contribution in [0.25, 0.3) is 0 Å². The molecule has 0 aliphatic carbocycles. The summed E-state index contributed by atoms with van der Waals surface area (Å²) in [6.45, 7) is 3.04. The molecule has 2 aromatic carbocycles. The molecule has 1 saturated heterocycles. The predicted octanol–water partition coefficient (Wildman–Crippen LogP) is 3.10. The van der Waals surface area contributed by atoms with Crippen molar-refractivity contribution < 1.29 is 23.1 Å². The maximum absolute atomic E-state index is 12.8. The van der Waals surface area contributed by atoms with Crippen molar-refractivity contribution in [2.75, 3.05) is 25.0 Å². The highest BCUT2D eigenvalue weighted by atomic mass is 32.2. The Balaban J connectivity index is 1.67. The SMILES string of the molecule is CC1CCN(S(=O)(=O)c2ccc(C(=O)CNc3ccccc3C(=O)O)cc2)CC1. The Bertz CT molecular complexity index is 994. The van der Waals surface area contributed by atoms with Gasteiger partial charge in [0.25, 0.3) is 0 Å². The number of ketones is 1. The van der Waals surface area contributed by atoms with Crippen LogP contribution in [0.5, 0.6) is 0 Å². The van der Waals surface area contributed by atoms with Crippen LogP contribution in [0.15, 0.2) is 53.4 Å². The van der Waals surface area contributed by atoms with Crippen molar-refractivity contribution in [1.29, 1.82) is 0 Å². The Morgan fingerprint density at radius 1 is 1.07 bits per heavy atom. The van der Waals surface area contributed by atoms with Gasteiger partial charge in [0.05, 0.1) is 17.0 Å². The number of nitrogens with one attached hydrogen (secondary N) is 1. The minimum absolute atomic E-state index is 0.0811. The third-order valence-corrected chi connectivity index (χ3v) is 7.07. The number of benzene rings is 2. The molecule has 0 unspecified atom stereocenters. The van der Waals surface area contributed by atoms with Crippen LogP contribution < -0.4 is 5.32 Å². The van der Waals surface area contributed by atoms with Gasteiger partial charge in [0.15, 0.2) is 5.78 Å². The highest BCUT2D eigenvalue weighted by Crippen LogP contribution is 2.24. The van der Waals surface area contributed by atoms with Gasteiger partial charge < -0.3 is 10.4 Å². The predicted molar refractivity (Wildman–Crippen MR) is 110 cm³/mol. The molecule has 3 rings (SSSR count). The first-order valence-corrected chi connectivity index (χ1v) is 10.9. The highest BCUT2D eigenvalue weighted by Gasteiger charge is 2.28. The lowest BCUT2D eigenvalue weighted by Gasteiger charge is -2.29. The summed E-state index contributed by atoms with van der Waals surface area (Å²) in [5, 5.41) is 12.0. The van der Waals surface area contributed by atoms with Crippen molar-refractivity contribution in [2.24, 2.45) is 5.92 Å². The third kappa shape index (κ3) is 4.83. The highest BCUT2D eigenvalue weighted by molar-refractivity contribution is 7.89. The van der Waals surface area contributed by atoms with Crippen LogP contribution in [0.1, 0.15) is 40.5 Å². The molecule has 0 saturated carbocycles. The Kier molecular flexibility index (Phi) is 6.34. The van der Waals surface area contributed by atoms with E-state index in [1.165, 1.54) is 34.6 Å². The Morgan fingerprint density at radius 3 is 2.31 bits per heavy atom. The molecule has 1 aliphatic rings. The van der Waals surface area contributed by atoms with Crippen molar-refractivity contribution in [3.8, 4) is 0 Å². The van der Waals surface area contributed by atoms with Crippen LogP contribution in [0, 0.1) is 5.92 Å². The van der Waals surface area contributed by atoms with Crippen molar-refractivity contribution in [3.05, 3.63) is 59.7 Å². The van der Waals surface area contributed by atoms with Crippen LogP contribution in [-0.4, -0.2) is 49.2 Å². The van der Waals surface area contributed by atoms with Gasteiger partial charge in [-0.3, -0.25) is 4.79 Å². The van der Waals surface area contributed by atoms with Gasteiger partial charge in [-0.1, -0.05) is 19.1 Å². The number of Topliss-reactive ketones (excluding diaryl/α,β-unsaturated/α-hetero) is 1. The molecular weight excluding hydrogens is 392 g/mol. The van der Waals surface area contributed by atoms with Gasteiger partial charge >= 0.3 is 5.97 Å². The van der Waals surface area contributed by atoms with Gasteiger partial charge in [0, 0.05) is 24.3 Å². The molecule has 0 radical (unpaired) electrons. The van der Waals surface area contributed by atoms with Crippen molar-refractivity contribution in [2.45, 2.75) is 24.7 Å². The van der Waals surface area contributed by atoms with Gasteiger partial charge in [0.1, 0.15) is 0 Å². The van der Waals surface area contributed by atoms with E-state index in [0.717, 1.165) is 12.8 Å².